The standard InChI is InChI=1S/C8H10N2/c1-7-3-5-10-6-8(7)2-4-9/h2-6H,9H2,1H3/b4-2-. The van der Waals surface area contributed by atoms with E-state index >= 15 is 0 Å². The van der Waals surface area contributed by atoms with Crippen molar-refractivity contribution in [3.8, 4) is 0 Å². The van der Waals surface area contributed by atoms with Gasteiger partial charge in [-0.25, -0.2) is 0 Å². The number of nitrogens with two attached hydrogens (primary N) is 1. The van der Waals surface area contributed by atoms with Gasteiger partial charge in [-0.1, -0.05) is 0 Å². The first-order chi connectivity index (χ1) is 4.84. The molecule has 0 radical (unpaired) electrons. The van der Waals surface area contributed by atoms with E-state index < -0.39 is 0 Å². The van der Waals surface area contributed by atoms with E-state index in [0.29, 0.717) is 0 Å². The molecule has 2 nitrogen and oxygen atoms in total. The fraction of sp³-hybridized carbons (Fsp3) is 0.125. The molecule has 0 aliphatic carbocycles. The Kier molecular flexibility index (Phi) is 2.05. The van der Waals surface area contributed by atoms with E-state index in [1.165, 1.54) is 11.8 Å². The maximum Gasteiger partial charge on any atom is 0.0343 e. The minimum atomic E-state index is 1.07. The number of rotatable bonds is 1. The third-order valence-electron chi connectivity index (χ3n) is 1.36. The Labute approximate surface area is 60.4 Å². The Hall–Kier alpha value is -1.31. The summed E-state index contributed by atoms with van der Waals surface area (Å²) >= 11 is 0. The number of aromatic nitrogens is 1. The van der Waals surface area contributed by atoms with Gasteiger partial charge in [-0.15, -0.1) is 0 Å². The Morgan fingerprint density at radius 1 is 1.60 bits per heavy atom. The Bertz CT molecular complexity index is 241. The van der Waals surface area contributed by atoms with Crippen LogP contribution in [-0.4, -0.2) is 4.98 Å². The zero-order chi connectivity index (χ0) is 7.40. The molecule has 0 saturated heterocycles. The van der Waals surface area contributed by atoms with Crippen molar-refractivity contribution in [2.75, 3.05) is 0 Å². The summed E-state index contributed by atoms with van der Waals surface area (Å²) in [5.41, 5.74) is 7.49. The minimum absolute atomic E-state index is 1.07. The fourth-order valence-corrected chi connectivity index (χ4v) is 0.754. The smallest absolute Gasteiger partial charge is 0.0343 e. The zero-order valence-electron chi connectivity index (χ0n) is 5.91. The molecule has 0 amide bonds. The van der Waals surface area contributed by atoms with Gasteiger partial charge in [0, 0.05) is 12.4 Å². The SMILES string of the molecule is Cc1ccncc1/C=C\N. The van der Waals surface area contributed by atoms with Gasteiger partial charge in [0.15, 0.2) is 0 Å². The molecule has 0 bridgehead atoms. The average molecular weight is 134 g/mol. The van der Waals surface area contributed by atoms with E-state index in [4.69, 9.17) is 5.73 Å². The molecule has 0 aliphatic heterocycles. The van der Waals surface area contributed by atoms with Crippen LogP contribution in [0.1, 0.15) is 11.1 Å². The van der Waals surface area contributed by atoms with Gasteiger partial charge >= 0.3 is 0 Å². The van der Waals surface area contributed by atoms with Crippen molar-refractivity contribution in [2.24, 2.45) is 5.73 Å². The monoisotopic (exact) mass is 134 g/mol. The lowest BCUT2D eigenvalue weighted by atomic mass is 10.2. The van der Waals surface area contributed by atoms with Gasteiger partial charge in [0.25, 0.3) is 0 Å². The molecule has 0 fully saturated rings. The molecule has 0 atom stereocenters. The summed E-state index contributed by atoms with van der Waals surface area (Å²) in [6.45, 7) is 2.02. The van der Waals surface area contributed by atoms with Crippen molar-refractivity contribution >= 4 is 6.08 Å². The lowest BCUT2D eigenvalue weighted by molar-refractivity contribution is 1.27. The second-order valence-electron chi connectivity index (χ2n) is 2.09. The number of nitrogens with zero attached hydrogens (tertiary/aromatic N) is 1. The molecular weight excluding hydrogens is 124 g/mol. The highest BCUT2D eigenvalue weighted by molar-refractivity contribution is 5.51. The van der Waals surface area contributed by atoms with Gasteiger partial charge in [0.2, 0.25) is 0 Å². The summed E-state index contributed by atoms with van der Waals surface area (Å²) in [6.07, 6.45) is 6.91. The van der Waals surface area contributed by atoms with Crippen LogP contribution >= 0.6 is 0 Å². The largest absolute Gasteiger partial charge is 0.405 e. The van der Waals surface area contributed by atoms with E-state index in [9.17, 15) is 0 Å². The second-order valence-corrected chi connectivity index (χ2v) is 2.09. The first kappa shape index (κ1) is 6.81. The molecule has 0 unspecified atom stereocenters. The maximum atomic E-state index is 5.22. The lowest BCUT2D eigenvalue weighted by Gasteiger charge is -1.95. The van der Waals surface area contributed by atoms with Gasteiger partial charge in [0.1, 0.15) is 0 Å². The molecule has 52 valence electrons. The summed E-state index contributed by atoms with van der Waals surface area (Å²) in [4.78, 5) is 3.96. The molecule has 2 N–H and O–H groups in total. The van der Waals surface area contributed by atoms with Crippen LogP contribution in [0.2, 0.25) is 0 Å². The van der Waals surface area contributed by atoms with Crippen LogP contribution in [0.25, 0.3) is 6.08 Å². The van der Waals surface area contributed by atoms with Crippen LogP contribution in [0.3, 0.4) is 0 Å². The molecule has 0 aromatic carbocycles. The first-order valence-corrected chi connectivity index (χ1v) is 3.13. The molecule has 0 spiro atoms. The summed E-state index contributed by atoms with van der Waals surface area (Å²) in [6, 6.07) is 1.95. The van der Waals surface area contributed by atoms with Gasteiger partial charge in [-0.05, 0) is 36.4 Å². The predicted molar refractivity (Wildman–Crippen MR) is 42.2 cm³/mol. The van der Waals surface area contributed by atoms with Gasteiger partial charge < -0.3 is 5.73 Å². The third kappa shape index (κ3) is 1.35. The van der Waals surface area contributed by atoms with Crippen LogP contribution in [0.15, 0.2) is 24.7 Å². The second kappa shape index (κ2) is 3.01. The van der Waals surface area contributed by atoms with E-state index in [1.807, 2.05) is 19.1 Å². The molecular formula is C8H10N2. The van der Waals surface area contributed by atoms with Crippen LogP contribution in [0.4, 0.5) is 0 Å². The average Bonchev–Trinajstić information content (AvgIpc) is 1.94. The summed E-state index contributed by atoms with van der Waals surface area (Å²) in [7, 11) is 0. The van der Waals surface area contributed by atoms with Gasteiger partial charge in [0.05, 0.1) is 0 Å². The van der Waals surface area contributed by atoms with E-state index in [1.54, 1.807) is 12.4 Å². The Morgan fingerprint density at radius 3 is 3.00 bits per heavy atom. The van der Waals surface area contributed by atoms with Crippen molar-refractivity contribution in [3.05, 3.63) is 35.8 Å². The predicted octanol–water partition coefficient (Wildman–Crippen LogP) is 1.32. The Balaban J connectivity index is 3.03. The van der Waals surface area contributed by atoms with Crippen molar-refractivity contribution in [1.82, 2.24) is 4.98 Å². The normalized spacial score (nSPS) is 10.5. The van der Waals surface area contributed by atoms with Crippen molar-refractivity contribution in [3.63, 3.8) is 0 Å². The highest BCUT2D eigenvalue weighted by Gasteiger charge is 1.89. The first-order valence-electron chi connectivity index (χ1n) is 3.13. The molecule has 0 saturated carbocycles. The highest BCUT2D eigenvalue weighted by atomic mass is 14.6. The van der Waals surface area contributed by atoms with E-state index in [-0.39, 0.29) is 0 Å². The van der Waals surface area contributed by atoms with Crippen molar-refractivity contribution in [2.45, 2.75) is 6.92 Å². The quantitative estimate of drug-likeness (QED) is 0.629. The van der Waals surface area contributed by atoms with Crippen LogP contribution in [0, 0.1) is 6.92 Å². The van der Waals surface area contributed by atoms with E-state index in [0.717, 1.165) is 5.56 Å². The number of aryl methyl sites for hydroxylation is 1. The van der Waals surface area contributed by atoms with Crippen molar-refractivity contribution < 1.29 is 0 Å². The van der Waals surface area contributed by atoms with Crippen LogP contribution < -0.4 is 5.73 Å². The van der Waals surface area contributed by atoms with Gasteiger partial charge in [-0.3, -0.25) is 4.98 Å². The molecule has 2 heteroatoms. The maximum absolute atomic E-state index is 5.22. The molecule has 0 aliphatic rings. The number of hydrogen-bond donors (Lipinski definition) is 1. The number of pyridine rings is 1. The van der Waals surface area contributed by atoms with E-state index in [2.05, 4.69) is 4.98 Å². The van der Waals surface area contributed by atoms with Crippen LogP contribution in [-0.2, 0) is 0 Å². The lowest BCUT2D eigenvalue weighted by Crippen LogP contribution is -1.83. The molecule has 1 rings (SSSR count). The molecule has 1 heterocycles. The summed E-state index contributed by atoms with van der Waals surface area (Å²) in [5, 5.41) is 0. The third-order valence-corrected chi connectivity index (χ3v) is 1.36. The Morgan fingerprint density at radius 2 is 2.40 bits per heavy atom. The number of hydrogen-bond acceptors (Lipinski definition) is 2. The van der Waals surface area contributed by atoms with Crippen molar-refractivity contribution in [1.29, 1.82) is 0 Å². The topological polar surface area (TPSA) is 38.9 Å². The van der Waals surface area contributed by atoms with Gasteiger partial charge in [-0.2, -0.15) is 0 Å². The minimum Gasteiger partial charge on any atom is -0.405 e. The molecule has 1 aromatic heterocycles. The highest BCUT2D eigenvalue weighted by Crippen LogP contribution is 2.05. The fourth-order valence-electron chi connectivity index (χ4n) is 0.754. The molecule has 10 heavy (non-hydrogen) atoms. The zero-order valence-corrected chi connectivity index (χ0v) is 5.91. The summed E-state index contributed by atoms with van der Waals surface area (Å²) in [5.74, 6) is 0. The molecule has 1 aromatic rings. The van der Waals surface area contributed by atoms with Crippen LogP contribution in [0.5, 0.6) is 0 Å². The summed E-state index contributed by atoms with van der Waals surface area (Å²) < 4.78 is 0.